The number of benzene rings is 3. The van der Waals surface area contributed by atoms with Gasteiger partial charge >= 0.3 is 6.03 Å². The third-order valence-corrected chi connectivity index (χ3v) is 5.78. The molecule has 0 unspecified atom stereocenters. The van der Waals surface area contributed by atoms with Crippen molar-refractivity contribution < 1.29 is 19.0 Å². The minimum atomic E-state index is -0.0863. The Morgan fingerprint density at radius 2 is 1.71 bits per heavy atom. The summed E-state index contributed by atoms with van der Waals surface area (Å²) in [7, 11) is 3.17. The molecule has 1 saturated heterocycles. The van der Waals surface area contributed by atoms with Gasteiger partial charge in [0.2, 0.25) is 0 Å². The lowest BCUT2D eigenvalue weighted by Gasteiger charge is -2.36. The van der Waals surface area contributed by atoms with E-state index in [1.807, 2.05) is 54.6 Å². The Morgan fingerprint density at radius 1 is 0.912 bits per heavy atom. The molecule has 0 radical (unpaired) electrons. The van der Waals surface area contributed by atoms with Crippen LogP contribution in [0.15, 0.2) is 66.7 Å². The second kappa shape index (κ2) is 10.6. The summed E-state index contributed by atoms with van der Waals surface area (Å²) < 4.78 is 17.0. The van der Waals surface area contributed by atoms with E-state index >= 15 is 0 Å². The Bertz CT molecular complexity index is 1190. The Hall–Kier alpha value is -4.18. The average molecular weight is 458 g/mol. The average Bonchev–Trinajstić information content (AvgIpc) is 2.89. The maximum Gasteiger partial charge on any atom is 0.324 e. The highest BCUT2D eigenvalue weighted by atomic mass is 16.5. The van der Waals surface area contributed by atoms with Crippen LogP contribution in [0.3, 0.4) is 0 Å². The Kier molecular flexibility index (Phi) is 7.19. The predicted octanol–water partition coefficient (Wildman–Crippen LogP) is 4.99. The molecule has 2 amide bonds. The monoisotopic (exact) mass is 457 g/mol. The van der Waals surface area contributed by atoms with Gasteiger partial charge in [0.05, 0.1) is 32.4 Å². The SMILES string of the molecule is COc1cc(C#N)ccc1CN1CCCN(c2ccc(OC)c(OCc3ccccc3)c2)C1=O. The Balaban J connectivity index is 1.52. The third-order valence-electron chi connectivity index (χ3n) is 5.78. The van der Waals surface area contributed by atoms with Crippen molar-refractivity contribution >= 4 is 11.7 Å². The molecule has 0 bridgehead atoms. The zero-order chi connectivity index (χ0) is 23.9. The van der Waals surface area contributed by atoms with Gasteiger partial charge in [0.15, 0.2) is 11.5 Å². The third kappa shape index (κ3) is 5.07. The highest BCUT2D eigenvalue weighted by molar-refractivity contribution is 5.93. The van der Waals surface area contributed by atoms with Crippen LogP contribution < -0.4 is 19.1 Å². The van der Waals surface area contributed by atoms with E-state index in [0.717, 1.165) is 23.2 Å². The van der Waals surface area contributed by atoms with E-state index in [1.54, 1.807) is 36.2 Å². The van der Waals surface area contributed by atoms with Crippen LogP contribution in [0, 0.1) is 11.3 Å². The van der Waals surface area contributed by atoms with E-state index in [9.17, 15) is 4.79 Å². The zero-order valence-corrected chi connectivity index (χ0v) is 19.4. The number of anilines is 1. The van der Waals surface area contributed by atoms with Gasteiger partial charge in [0.25, 0.3) is 0 Å². The number of carbonyl (C=O) groups excluding carboxylic acids is 1. The molecule has 0 atom stereocenters. The number of hydrogen-bond donors (Lipinski definition) is 0. The quantitative estimate of drug-likeness (QED) is 0.477. The molecule has 0 spiro atoms. The summed E-state index contributed by atoms with van der Waals surface area (Å²) in [4.78, 5) is 16.9. The molecule has 1 aliphatic rings. The smallest absolute Gasteiger partial charge is 0.324 e. The highest BCUT2D eigenvalue weighted by Crippen LogP contribution is 2.34. The maximum atomic E-state index is 13.4. The second-order valence-electron chi connectivity index (χ2n) is 7.96. The first-order valence-electron chi connectivity index (χ1n) is 11.1. The predicted molar refractivity (Wildman–Crippen MR) is 129 cm³/mol. The van der Waals surface area contributed by atoms with Crippen molar-refractivity contribution in [2.24, 2.45) is 0 Å². The van der Waals surface area contributed by atoms with Crippen molar-refractivity contribution in [2.45, 2.75) is 19.6 Å². The fourth-order valence-corrected chi connectivity index (χ4v) is 4.00. The summed E-state index contributed by atoms with van der Waals surface area (Å²) in [5.41, 5.74) is 3.18. The number of ether oxygens (including phenoxy) is 3. The van der Waals surface area contributed by atoms with Crippen LogP contribution in [0.1, 0.15) is 23.1 Å². The number of nitriles is 1. The molecule has 7 heteroatoms. The fourth-order valence-electron chi connectivity index (χ4n) is 4.00. The molecule has 1 aliphatic heterocycles. The number of methoxy groups -OCH3 is 2. The summed E-state index contributed by atoms with van der Waals surface area (Å²) in [6, 6.07) is 22.8. The number of nitrogens with zero attached hydrogens (tertiary/aromatic N) is 3. The van der Waals surface area contributed by atoms with Gasteiger partial charge in [-0.2, -0.15) is 5.26 Å². The molecule has 0 saturated carbocycles. The molecule has 0 aliphatic carbocycles. The van der Waals surface area contributed by atoms with Crippen molar-refractivity contribution in [3.63, 3.8) is 0 Å². The van der Waals surface area contributed by atoms with Gasteiger partial charge in [0.1, 0.15) is 12.4 Å². The van der Waals surface area contributed by atoms with Crippen LogP contribution in [0.25, 0.3) is 0 Å². The Labute approximate surface area is 199 Å². The van der Waals surface area contributed by atoms with E-state index in [1.165, 1.54) is 0 Å². The Morgan fingerprint density at radius 3 is 2.44 bits per heavy atom. The lowest BCUT2D eigenvalue weighted by molar-refractivity contribution is 0.191. The lowest BCUT2D eigenvalue weighted by Crippen LogP contribution is -2.49. The minimum Gasteiger partial charge on any atom is -0.496 e. The van der Waals surface area contributed by atoms with E-state index in [-0.39, 0.29) is 6.03 Å². The van der Waals surface area contributed by atoms with Crippen LogP contribution in [-0.2, 0) is 13.2 Å². The lowest BCUT2D eigenvalue weighted by atomic mass is 10.1. The van der Waals surface area contributed by atoms with E-state index in [0.29, 0.717) is 49.1 Å². The van der Waals surface area contributed by atoms with Crippen LogP contribution >= 0.6 is 0 Å². The van der Waals surface area contributed by atoms with E-state index in [2.05, 4.69) is 6.07 Å². The summed E-state index contributed by atoms with van der Waals surface area (Å²) in [5, 5.41) is 9.14. The van der Waals surface area contributed by atoms with Crippen LogP contribution in [0.2, 0.25) is 0 Å². The first kappa shape index (κ1) is 23.0. The molecule has 1 heterocycles. The molecule has 34 heavy (non-hydrogen) atoms. The van der Waals surface area contributed by atoms with Crippen molar-refractivity contribution in [2.75, 3.05) is 32.2 Å². The summed E-state index contributed by atoms with van der Waals surface area (Å²) >= 11 is 0. The van der Waals surface area contributed by atoms with Crippen LogP contribution in [0.4, 0.5) is 10.5 Å². The number of rotatable bonds is 8. The molecular weight excluding hydrogens is 430 g/mol. The van der Waals surface area contributed by atoms with Gasteiger partial charge in [-0.3, -0.25) is 4.90 Å². The molecule has 7 nitrogen and oxygen atoms in total. The maximum absolute atomic E-state index is 13.4. The van der Waals surface area contributed by atoms with Gasteiger partial charge in [-0.25, -0.2) is 4.79 Å². The number of amides is 2. The van der Waals surface area contributed by atoms with E-state index < -0.39 is 0 Å². The van der Waals surface area contributed by atoms with Gasteiger partial charge in [-0.1, -0.05) is 36.4 Å². The largest absolute Gasteiger partial charge is 0.496 e. The fraction of sp³-hybridized carbons (Fsp3) is 0.259. The summed E-state index contributed by atoms with van der Waals surface area (Å²) in [5.74, 6) is 1.80. The minimum absolute atomic E-state index is 0.0863. The molecule has 0 aromatic heterocycles. The van der Waals surface area contributed by atoms with Crippen molar-refractivity contribution in [1.82, 2.24) is 4.90 Å². The van der Waals surface area contributed by atoms with Gasteiger partial charge < -0.3 is 19.1 Å². The number of carbonyl (C=O) groups is 1. The molecule has 3 aromatic carbocycles. The van der Waals surface area contributed by atoms with Crippen LogP contribution in [0.5, 0.6) is 17.2 Å². The molecule has 0 N–H and O–H groups in total. The molecule has 1 fully saturated rings. The van der Waals surface area contributed by atoms with Crippen molar-refractivity contribution in [3.8, 4) is 23.3 Å². The second-order valence-corrected chi connectivity index (χ2v) is 7.96. The van der Waals surface area contributed by atoms with E-state index in [4.69, 9.17) is 19.5 Å². The first-order valence-corrected chi connectivity index (χ1v) is 11.1. The van der Waals surface area contributed by atoms with Gasteiger partial charge in [0, 0.05) is 30.4 Å². The number of urea groups is 1. The first-order chi connectivity index (χ1) is 16.6. The van der Waals surface area contributed by atoms with Crippen molar-refractivity contribution in [3.05, 3.63) is 83.4 Å². The molecule has 174 valence electrons. The standard InChI is InChI=1S/C27H27N3O4/c1-32-24-12-11-23(16-26(24)34-19-20-7-4-3-5-8-20)30-14-6-13-29(27(30)31)18-22-10-9-21(17-28)15-25(22)33-2/h3-5,7-12,15-16H,6,13-14,18-19H2,1-2H3. The number of hydrogen-bond acceptors (Lipinski definition) is 5. The summed E-state index contributed by atoms with van der Waals surface area (Å²) in [6.45, 7) is 2.06. The molecular formula is C27H27N3O4. The van der Waals surface area contributed by atoms with Gasteiger partial charge in [-0.15, -0.1) is 0 Å². The summed E-state index contributed by atoms with van der Waals surface area (Å²) in [6.07, 6.45) is 0.830. The van der Waals surface area contributed by atoms with Crippen molar-refractivity contribution in [1.29, 1.82) is 5.26 Å². The highest BCUT2D eigenvalue weighted by Gasteiger charge is 2.28. The topological polar surface area (TPSA) is 75.0 Å². The molecule has 4 rings (SSSR count). The van der Waals surface area contributed by atoms with Gasteiger partial charge in [-0.05, 0) is 36.2 Å². The zero-order valence-electron chi connectivity index (χ0n) is 19.4. The normalized spacial score (nSPS) is 13.4. The van der Waals surface area contributed by atoms with Crippen LogP contribution in [-0.4, -0.2) is 38.2 Å². The molecule has 3 aromatic rings.